The number of likely N-dealkylation sites (tertiary alicyclic amines) is 1. The van der Waals surface area contributed by atoms with Crippen LogP contribution in [0.3, 0.4) is 0 Å². The molecule has 3 rings (SSSR count). The van der Waals surface area contributed by atoms with Crippen LogP contribution in [-0.4, -0.2) is 52.9 Å². The molecule has 6 heteroatoms. The number of anilines is 1. The highest BCUT2D eigenvalue weighted by Gasteiger charge is 2.36. The first-order valence-electron chi connectivity index (χ1n) is 6.98. The number of halogens is 1. The first-order chi connectivity index (χ1) is 9.56. The number of fused-ring (bicyclic) bond motifs is 2. The van der Waals surface area contributed by atoms with Gasteiger partial charge in [0, 0.05) is 25.2 Å². The van der Waals surface area contributed by atoms with Gasteiger partial charge in [-0.05, 0) is 32.4 Å². The summed E-state index contributed by atoms with van der Waals surface area (Å²) >= 11 is 5.87. The van der Waals surface area contributed by atoms with Gasteiger partial charge >= 0.3 is 0 Å². The minimum atomic E-state index is -0.0345. The van der Waals surface area contributed by atoms with Crippen LogP contribution in [0.25, 0.3) is 0 Å². The van der Waals surface area contributed by atoms with E-state index in [0.717, 1.165) is 25.9 Å². The molecule has 2 unspecified atom stereocenters. The Hall–Kier alpha value is -1.33. The minimum absolute atomic E-state index is 0.0345. The summed E-state index contributed by atoms with van der Waals surface area (Å²) in [6.07, 6.45) is 4.88. The zero-order valence-electron chi connectivity index (χ0n) is 11.6. The van der Waals surface area contributed by atoms with Gasteiger partial charge < -0.3 is 10.6 Å². The molecular formula is C14H19ClN4O. The predicted molar refractivity (Wildman–Crippen MR) is 78.8 cm³/mol. The van der Waals surface area contributed by atoms with Gasteiger partial charge in [-0.15, -0.1) is 0 Å². The van der Waals surface area contributed by atoms with E-state index in [-0.39, 0.29) is 5.91 Å². The van der Waals surface area contributed by atoms with E-state index in [0.29, 0.717) is 28.5 Å². The number of hydrogen-bond acceptors (Lipinski definition) is 4. The average molecular weight is 295 g/mol. The summed E-state index contributed by atoms with van der Waals surface area (Å²) in [4.78, 5) is 20.9. The van der Waals surface area contributed by atoms with Crippen molar-refractivity contribution in [2.75, 3.05) is 25.9 Å². The van der Waals surface area contributed by atoms with Crippen molar-refractivity contribution in [3.8, 4) is 0 Å². The second-order valence-electron chi connectivity index (χ2n) is 5.68. The summed E-state index contributed by atoms with van der Waals surface area (Å²) in [5.74, 6) is -0.0345. The molecule has 2 fully saturated rings. The fourth-order valence-electron chi connectivity index (χ4n) is 3.29. The lowest BCUT2D eigenvalue weighted by atomic mass is 10.1. The third kappa shape index (κ3) is 2.36. The Balaban J connectivity index is 1.82. The van der Waals surface area contributed by atoms with Crippen molar-refractivity contribution in [3.05, 3.63) is 23.0 Å². The lowest BCUT2D eigenvalue weighted by Crippen LogP contribution is -2.39. The molecule has 0 aromatic carbocycles. The summed E-state index contributed by atoms with van der Waals surface area (Å²) < 4.78 is 0. The number of amides is 1. The van der Waals surface area contributed by atoms with E-state index in [1.807, 2.05) is 4.90 Å². The smallest absolute Gasteiger partial charge is 0.256 e. The number of hydrogen-bond donors (Lipinski definition) is 1. The summed E-state index contributed by atoms with van der Waals surface area (Å²) in [6, 6.07) is 2.63. The van der Waals surface area contributed by atoms with Crippen LogP contribution in [0, 0.1) is 0 Å². The maximum Gasteiger partial charge on any atom is 0.256 e. The van der Waals surface area contributed by atoms with Crippen LogP contribution in [-0.2, 0) is 0 Å². The van der Waals surface area contributed by atoms with Crippen molar-refractivity contribution in [1.82, 2.24) is 14.8 Å². The second kappa shape index (κ2) is 5.22. The molecule has 5 nitrogen and oxygen atoms in total. The Morgan fingerprint density at radius 2 is 2.15 bits per heavy atom. The van der Waals surface area contributed by atoms with Crippen LogP contribution < -0.4 is 5.73 Å². The van der Waals surface area contributed by atoms with Gasteiger partial charge in [0.05, 0.1) is 17.4 Å². The topological polar surface area (TPSA) is 62.5 Å². The molecule has 1 aromatic heterocycles. The SMILES string of the molecule is CN1C2CCC1CN(C(=O)c1cc(Cl)ncc1N)CC2. The number of nitrogens with two attached hydrogens (primary N) is 1. The molecule has 2 aliphatic rings. The molecule has 1 amide bonds. The Kier molecular flexibility index (Phi) is 3.56. The van der Waals surface area contributed by atoms with Gasteiger partial charge in [0.1, 0.15) is 5.15 Å². The first-order valence-corrected chi connectivity index (χ1v) is 7.36. The number of carbonyl (C=O) groups is 1. The Morgan fingerprint density at radius 3 is 2.95 bits per heavy atom. The van der Waals surface area contributed by atoms with Crippen LogP contribution in [0.5, 0.6) is 0 Å². The van der Waals surface area contributed by atoms with Crippen molar-refractivity contribution in [1.29, 1.82) is 0 Å². The van der Waals surface area contributed by atoms with Gasteiger partial charge in [0.2, 0.25) is 0 Å². The van der Waals surface area contributed by atoms with Crippen LogP contribution >= 0.6 is 11.6 Å². The van der Waals surface area contributed by atoms with Crippen molar-refractivity contribution in [2.45, 2.75) is 31.3 Å². The van der Waals surface area contributed by atoms with E-state index in [2.05, 4.69) is 16.9 Å². The number of aromatic nitrogens is 1. The maximum absolute atomic E-state index is 12.6. The van der Waals surface area contributed by atoms with Crippen LogP contribution in [0.1, 0.15) is 29.6 Å². The highest BCUT2D eigenvalue weighted by atomic mass is 35.5. The summed E-state index contributed by atoms with van der Waals surface area (Å²) in [5.41, 5.74) is 6.71. The van der Waals surface area contributed by atoms with Gasteiger partial charge in [-0.25, -0.2) is 4.98 Å². The van der Waals surface area contributed by atoms with Gasteiger partial charge in [0.25, 0.3) is 5.91 Å². The molecule has 2 atom stereocenters. The Morgan fingerprint density at radius 1 is 1.40 bits per heavy atom. The molecule has 108 valence electrons. The number of pyridine rings is 1. The molecule has 2 bridgehead atoms. The zero-order valence-corrected chi connectivity index (χ0v) is 12.3. The molecule has 0 saturated carbocycles. The summed E-state index contributed by atoms with van der Waals surface area (Å²) in [6.45, 7) is 1.55. The molecular weight excluding hydrogens is 276 g/mol. The van der Waals surface area contributed by atoms with Crippen LogP contribution in [0.15, 0.2) is 12.3 Å². The highest BCUT2D eigenvalue weighted by molar-refractivity contribution is 6.29. The molecule has 0 radical (unpaired) electrons. The van der Waals surface area contributed by atoms with Crippen molar-refractivity contribution in [2.24, 2.45) is 0 Å². The minimum Gasteiger partial charge on any atom is -0.397 e. The fourth-order valence-corrected chi connectivity index (χ4v) is 3.45. The van der Waals surface area contributed by atoms with E-state index in [9.17, 15) is 4.79 Å². The molecule has 0 spiro atoms. The van der Waals surface area contributed by atoms with Crippen LogP contribution in [0.2, 0.25) is 5.15 Å². The monoisotopic (exact) mass is 294 g/mol. The van der Waals surface area contributed by atoms with Gasteiger partial charge in [-0.3, -0.25) is 9.69 Å². The Bertz CT molecular complexity index is 536. The van der Waals surface area contributed by atoms with Gasteiger partial charge in [0.15, 0.2) is 0 Å². The lowest BCUT2D eigenvalue weighted by molar-refractivity contribution is 0.0741. The molecule has 2 saturated heterocycles. The number of nitrogens with zero attached hydrogens (tertiary/aromatic N) is 3. The van der Waals surface area contributed by atoms with Gasteiger partial charge in [-0.1, -0.05) is 11.6 Å². The average Bonchev–Trinajstić information content (AvgIpc) is 2.65. The van der Waals surface area contributed by atoms with E-state index in [4.69, 9.17) is 17.3 Å². The van der Waals surface area contributed by atoms with E-state index in [1.165, 1.54) is 12.6 Å². The normalized spacial score (nSPS) is 26.6. The number of rotatable bonds is 1. The third-order valence-electron chi connectivity index (χ3n) is 4.57. The fraction of sp³-hybridized carbons (Fsp3) is 0.571. The van der Waals surface area contributed by atoms with Crippen molar-refractivity contribution < 1.29 is 4.79 Å². The summed E-state index contributed by atoms with van der Waals surface area (Å²) in [5, 5.41) is 0.302. The number of nitrogen functional groups attached to an aromatic ring is 1. The summed E-state index contributed by atoms with van der Waals surface area (Å²) in [7, 11) is 2.16. The predicted octanol–water partition coefficient (Wildman–Crippen LogP) is 1.63. The van der Waals surface area contributed by atoms with Crippen molar-refractivity contribution in [3.63, 3.8) is 0 Å². The standard InChI is InChI=1S/C14H19ClN4O/c1-18-9-2-3-10(18)8-19(5-4-9)14(20)11-6-13(15)17-7-12(11)16/h6-7,9-10H,2-5,8,16H2,1H3. The quantitative estimate of drug-likeness (QED) is 0.800. The van der Waals surface area contributed by atoms with Gasteiger partial charge in [-0.2, -0.15) is 0 Å². The third-order valence-corrected chi connectivity index (χ3v) is 4.77. The number of likely N-dealkylation sites (N-methyl/N-ethyl adjacent to an activating group) is 1. The van der Waals surface area contributed by atoms with E-state index >= 15 is 0 Å². The highest BCUT2D eigenvalue weighted by Crippen LogP contribution is 2.29. The Labute approximate surface area is 123 Å². The molecule has 2 aliphatic heterocycles. The molecule has 20 heavy (non-hydrogen) atoms. The maximum atomic E-state index is 12.6. The number of carbonyl (C=O) groups excluding carboxylic acids is 1. The first kappa shape index (κ1) is 13.6. The van der Waals surface area contributed by atoms with E-state index in [1.54, 1.807) is 6.07 Å². The molecule has 1 aromatic rings. The zero-order chi connectivity index (χ0) is 14.3. The molecule has 3 heterocycles. The van der Waals surface area contributed by atoms with Crippen LogP contribution in [0.4, 0.5) is 5.69 Å². The lowest BCUT2D eigenvalue weighted by Gasteiger charge is -2.26. The largest absolute Gasteiger partial charge is 0.397 e. The molecule has 0 aliphatic carbocycles. The van der Waals surface area contributed by atoms with Crippen molar-refractivity contribution >= 4 is 23.2 Å². The molecule has 2 N–H and O–H groups in total. The van der Waals surface area contributed by atoms with E-state index < -0.39 is 0 Å². The second-order valence-corrected chi connectivity index (χ2v) is 6.07.